The minimum Gasteiger partial charge on any atom is -0.493 e. The van der Waals surface area contributed by atoms with Gasteiger partial charge < -0.3 is 14.8 Å². The highest BCUT2D eigenvalue weighted by molar-refractivity contribution is 7.17. The Morgan fingerprint density at radius 3 is 2.53 bits per heavy atom. The average Bonchev–Trinajstić information content (AvgIpc) is 3.33. The molecule has 9 heteroatoms. The lowest BCUT2D eigenvalue weighted by atomic mass is 10.1. The lowest BCUT2D eigenvalue weighted by Gasteiger charge is -2.15. The Hall–Kier alpha value is -3.85. The molecule has 2 heterocycles. The van der Waals surface area contributed by atoms with E-state index in [1.165, 1.54) is 23.0 Å². The average molecular weight is 480 g/mol. The van der Waals surface area contributed by atoms with Crippen LogP contribution in [0.5, 0.6) is 11.5 Å². The van der Waals surface area contributed by atoms with E-state index < -0.39 is 5.69 Å². The summed E-state index contributed by atoms with van der Waals surface area (Å²) in [7, 11) is 3.08. The fraction of sp³-hybridized carbons (Fsp3) is 0.240. The summed E-state index contributed by atoms with van der Waals surface area (Å²) < 4.78 is 13.6. The number of amides is 1. The van der Waals surface area contributed by atoms with Crippen LogP contribution >= 0.6 is 11.3 Å². The van der Waals surface area contributed by atoms with Crippen molar-refractivity contribution in [2.45, 2.75) is 26.9 Å². The molecule has 0 bridgehead atoms. The van der Waals surface area contributed by atoms with Crippen LogP contribution in [0, 0.1) is 13.8 Å². The predicted octanol–water partition coefficient (Wildman–Crippen LogP) is 3.16. The van der Waals surface area contributed by atoms with Crippen molar-refractivity contribution in [3.8, 4) is 17.2 Å². The highest BCUT2D eigenvalue weighted by Gasteiger charge is 2.19. The maximum Gasteiger partial charge on any atom is 0.336 e. The van der Waals surface area contributed by atoms with E-state index in [0.717, 1.165) is 21.3 Å². The van der Waals surface area contributed by atoms with Crippen molar-refractivity contribution in [1.82, 2.24) is 14.5 Å². The Morgan fingerprint density at radius 1 is 1.03 bits per heavy atom. The molecule has 4 aromatic rings. The first-order valence-electron chi connectivity index (χ1n) is 10.6. The molecule has 0 spiro atoms. The van der Waals surface area contributed by atoms with Crippen LogP contribution in [0.2, 0.25) is 0 Å². The van der Waals surface area contributed by atoms with Crippen molar-refractivity contribution in [2.24, 2.45) is 0 Å². The van der Waals surface area contributed by atoms with Crippen LogP contribution in [-0.2, 0) is 17.9 Å². The number of methoxy groups -OCH3 is 2. The molecular formula is C25H25N3O5S. The standard InChI is InChI=1S/C25H25N3O5S/c1-15-7-5-9-18(16(15)2)28-24(30)23-19(11-12-34-23)27(25(28)31)14-21(29)26-13-17-8-6-10-20(32-3)22(17)33-4/h5-12H,13-14H2,1-4H3,(H,26,29). The van der Waals surface area contributed by atoms with Gasteiger partial charge in [0.2, 0.25) is 5.91 Å². The minimum atomic E-state index is -0.557. The van der Waals surface area contributed by atoms with Crippen LogP contribution in [0.15, 0.2) is 57.4 Å². The minimum absolute atomic E-state index is 0.192. The number of ether oxygens (including phenoxy) is 2. The second-order valence-corrected chi connectivity index (χ2v) is 8.71. The lowest BCUT2D eigenvalue weighted by molar-refractivity contribution is -0.121. The van der Waals surface area contributed by atoms with Crippen LogP contribution < -0.4 is 26.0 Å². The first kappa shape index (κ1) is 23.3. The van der Waals surface area contributed by atoms with E-state index in [9.17, 15) is 14.4 Å². The molecule has 0 fully saturated rings. The molecule has 8 nitrogen and oxygen atoms in total. The molecule has 0 saturated heterocycles. The molecule has 0 aliphatic rings. The third kappa shape index (κ3) is 4.10. The van der Waals surface area contributed by atoms with Crippen molar-refractivity contribution in [2.75, 3.05) is 14.2 Å². The molecule has 2 aromatic carbocycles. The van der Waals surface area contributed by atoms with Gasteiger partial charge in [0.1, 0.15) is 11.2 Å². The normalized spacial score (nSPS) is 10.9. The summed E-state index contributed by atoms with van der Waals surface area (Å²) in [5.74, 6) is 0.725. The molecule has 34 heavy (non-hydrogen) atoms. The topological polar surface area (TPSA) is 91.6 Å². The highest BCUT2D eigenvalue weighted by atomic mass is 32.1. The monoisotopic (exact) mass is 479 g/mol. The van der Waals surface area contributed by atoms with Crippen LogP contribution in [0.25, 0.3) is 15.9 Å². The number of aromatic nitrogens is 2. The van der Waals surface area contributed by atoms with Gasteiger partial charge in [0.15, 0.2) is 11.5 Å². The third-order valence-corrected chi connectivity index (χ3v) is 6.73. The molecule has 0 atom stereocenters. The van der Waals surface area contributed by atoms with Gasteiger partial charge in [0, 0.05) is 12.1 Å². The van der Waals surface area contributed by atoms with Crippen LogP contribution in [-0.4, -0.2) is 29.3 Å². The maximum atomic E-state index is 13.5. The molecule has 1 amide bonds. The molecule has 1 N–H and O–H groups in total. The fourth-order valence-corrected chi connectivity index (χ4v) is 4.74. The van der Waals surface area contributed by atoms with E-state index >= 15 is 0 Å². The molecule has 0 aliphatic heterocycles. The molecule has 0 radical (unpaired) electrons. The SMILES string of the molecule is COc1cccc(CNC(=O)Cn2c(=O)n(-c3cccc(C)c3C)c(=O)c3sccc32)c1OC. The summed E-state index contributed by atoms with van der Waals surface area (Å²) in [6, 6.07) is 12.6. The van der Waals surface area contributed by atoms with Crippen molar-refractivity contribution in [1.29, 1.82) is 0 Å². The summed E-state index contributed by atoms with van der Waals surface area (Å²) in [6.07, 6.45) is 0. The van der Waals surface area contributed by atoms with Gasteiger partial charge in [-0.25, -0.2) is 9.36 Å². The fourth-order valence-electron chi connectivity index (χ4n) is 3.92. The Balaban J connectivity index is 1.70. The number of para-hydroxylation sites is 1. The van der Waals surface area contributed by atoms with Crippen LogP contribution in [0.1, 0.15) is 16.7 Å². The molecule has 0 aliphatic carbocycles. The van der Waals surface area contributed by atoms with E-state index in [1.807, 2.05) is 32.0 Å². The summed E-state index contributed by atoms with van der Waals surface area (Å²) in [5, 5.41) is 4.58. The Morgan fingerprint density at radius 2 is 1.79 bits per heavy atom. The van der Waals surface area contributed by atoms with E-state index in [0.29, 0.717) is 27.4 Å². The zero-order valence-corrected chi connectivity index (χ0v) is 20.2. The quantitative estimate of drug-likeness (QED) is 0.440. The third-order valence-electron chi connectivity index (χ3n) is 5.83. The number of nitrogens with zero attached hydrogens (tertiary/aromatic N) is 2. The van der Waals surface area contributed by atoms with Crippen molar-refractivity contribution >= 4 is 27.5 Å². The Kier molecular flexibility index (Phi) is 6.56. The molecule has 2 aromatic heterocycles. The number of carbonyl (C=O) groups is 1. The van der Waals surface area contributed by atoms with E-state index in [-0.39, 0.29) is 24.6 Å². The largest absolute Gasteiger partial charge is 0.493 e. The molecule has 4 rings (SSSR count). The summed E-state index contributed by atoms with van der Waals surface area (Å²) in [5.41, 5.74) is 2.55. The van der Waals surface area contributed by atoms with Gasteiger partial charge in [-0.1, -0.05) is 24.3 Å². The number of carbonyl (C=O) groups excluding carboxylic acids is 1. The van der Waals surface area contributed by atoms with Crippen LogP contribution in [0.3, 0.4) is 0 Å². The number of aryl methyl sites for hydroxylation is 1. The molecule has 0 unspecified atom stereocenters. The summed E-state index contributed by atoms with van der Waals surface area (Å²) in [6.45, 7) is 3.75. The van der Waals surface area contributed by atoms with Crippen molar-refractivity contribution in [3.05, 3.63) is 85.4 Å². The Bertz CT molecular complexity index is 1500. The van der Waals surface area contributed by atoms with Gasteiger partial charge >= 0.3 is 5.69 Å². The number of rotatable bonds is 7. The van der Waals surface area contributed by atoms with E-state index in [1.54, 1.807) is 36.8 Å². The van der Waals surface area contributed by atoms with Crippen LogP contribution in [0.4, 0.5) is 0 Å². The van der Waals surface area contributed by atoms with Gasteiger partial charge in [-0.05, 0) is 48.6 Å². The summed E-state index contributed by atoms with van der Waals surface area (Å²) >= 11 is 1.25. The van der Waals surface area contributed by atoms with Gasteiger partial charge in [0.25, 0.3) is 5.56 Å². The number of thiophene rings is 1. The first-order chi connectivity index (χ1) is 16.4. The zero-order chi connectivity index (χ0) is 24.4. The second-order valence-electron chi connectivity index (χ2n) is 7.79. The number of nitrogens with one attached hydrogen (secondary N) is 1. The maximum absolute atomic E-state index is 13.5. The zero-order valence-electron chi connectivity index (χ0n) is 19.4. The molecule has 176 valence electrons. The molecule has 0 saturated carbocycles. The number of fused-ring (bicyclic) bond motifs is 1. The van der Waals surface area contributed by atoms with Crippen molar-refractivity contribution in [3.63, 3.8) is 0 Å². The lowest BCUT2D eigenvalue weighted by Crippen LogP contribution is -2.41. The van der Waals surface area contributed by atoms with Gasteiger partial charge in [-0.3, -0.25) is 14.2 Å². The van der Waals surface area contributed by atoms with Gasteiger partial charge in [0.05, 0.1) is 25.4 Å². The molecular weight excluding hydrogens is 454 g/mol. The predicted molar refractivity (Wildman–Crippen MR) is 133 cm³/mol. The van der Waals surface area contributed by atoms with E-state index in [2.05, 4.69) is 5.32 Å². The highest BCUT2D eigenvalue weighted by Crippen LogP contribution is 2.30. The smallest absolute Gasteiger partial charge is 0.336 e. The van der Waals surface area contributed by atoms with Crippen molar-refractivity contribution < 1.29 is 14.3 Å². The van der Waals surface area contributed by atoms with E-state index in [4.69, 9.17) is 9.47 Å². The summed E-state index contributed by atoms with van der Waals surface area (Å²) in [4.78, 5) is 39.5. The number of hydrogen-bond acceptors (Lipinski definition) is 6. The van der Waals surface area contributed by atoms with Gasteiger partial charge in [-0.15, -0.1) is 11.3 Å². The second kappa shape index (κ2) is 9.56. The number of benzene rings is 2. The first-order valence-corrected chi connectivity index (χ1v) is 11.5. The van der Waals surface area contributed by atoms with Gasteiger partial charge in [-0.2, -0.15) is 0 Å². The number of hydrogen-bond donors (Lipinski definition) is 1. The Labute approximate surface area is 200 Å².